The van der Waals surface area contributed by atoms with E-state index in [-0.39, 0.29) is 32.1 Å². The summed E-state index contributed by atoms with van der Waals surface area (Å²) in [6, 6.07) is 5.39. The molecular formula is C19H27N5O6. The van der Waals surface area contributed by atoms with Crippen molar-refractivity contribution in [3.63, 3.8) is 0 Å². The maximum absolute atomic E-state index is 12.5. The van der Waals surface area contributed by atoms with Crippen LogP contribution in [0.1, 0.15) is 31.2 Å². The van der Waals surface area contributed by atoms with Gasteiger partial charge in [-0.2, -0.15) is 0 Å². The zero-order valence-electron chi connectivity index (χ0n) is 16.4. The lowest BCUT2D eigenvalue weighted by Gasteiger charge is -2.22. The van der Waals surface area contributed by atoms with Crippen molar-refractivity contribution in [1.29, 1.82) is 0 Å². The van der Waals surface area contributed by atoms with Crippen molar-refractivity contribution >= 4 is 29.6 Å². The average Bonchev–Trinajstić information content (AvgIpc) is 2.68. The highest BCUT2D eigenvalue weighted by atomic mass is 16.4. The number of hydrogen-bond donors (Lipinski definition) is 6. The van der Waals surface area contributed by atoms with Crippen molar-refractivity contribution in [3.8, 4) is 0 Å². The van der Waals surface area contributed by atoms with Crippen molar-refractivity contribution in [2.24, 2.45) is 17.2 Å². The van der Waals surface area contributed by atoms with E-state index >= 15 is 0 Å². The summed E-state index contributed by atoms with van der Waals surface area (Å²) in [5, 5.41) is 13.9. The van der Waals surface area contributed by atoms with Crippen LogP contribution < -0.4 is 27.8 Å². The summed E-state index contributed by atoms with van der Waals surface area (Å²) in [6.07, 6.45) is -0.621. The highest BCUT2D eigenvalue weighted by molar-refractivity contribution is 5.92. The smallest absolute Gasteiger partial charge is 0.326 e. The molecule has 11 nitrogen and oxygen atoms in total. The minimum Gasteiger partial charge on any atom is -0.480 e. The predicted molar refractivity (Wildman–Crippen MR) is 106 cm³/mol. The molecule has 30 heavy (non-hydrogen) atoms. The maximum atomic E-state index is 12.5. The molecule has 11 heteroatoms. The minimum atomic E-state index is -1.39. The second-order valence-corrected chi connectivity index (χ2v) is 6.77. The largest absolute Gasteiger partial charge is 0.480 e. The van der Waals surface area contributed by atoms with Gasteiger partial charge in [-0.25, -0.2) is 4.79 Å². The fraction of sp³-hybridized carbons (Fsp3) is 0.421. The molecule has 4 amide bonds. The molecule has 1 aromatic carbocycles. The Labute approximate surface area is 173 Å². The molecule has 1 rings (SSSR count). The Morgan fingerprint density at radius 2 is 1.33 bits per heavy atom. The normalized spacial score (nSPS) is 13.5. The number of rotatable bonds is 13. The molecule has 0 aliphatic heterocycles. The summed E-state index contributed by atoms with van der Waals surface area (Å²) in [6.45, 7) is 0. The van der Waals surface area contributed by atoms with Crippen LogP contribution in [0, 0.1) is 0 Å². The fourth-order valence-corrected chi connectivity index (χ4v) is 2.61. The quantitative estimate of drug-likeness (QED) is 0.214. The molecule has 0 saturated heterocycles. The van der Waals surface area contributed by atoms with Crippen molar-refractivity contribution in [3.05, 3.63) is 35.9 Å². The Balaban J connectivity index is 2.81. The number of nitrogens with two attached hydrogens (primary N) is 3. The van der Waals surface area contributed by atoms with Gasteiger partial charge < -0.3 is 32.9 Å². The van der Waals surface area contributed by atoms with Crippen LogP contribution >= 0.6 is 0 Å². The van der Waals surface area contributed by atoms with Crippen LogP contribution in [0.15, 0.2) is 30.3 Å². The van der Waals surface area contributed by atoms with E-state index < -0.39 is 47.7 Å². The summed E-state index contributed by atoms with van der Waals surface area (Å²) < 4.78 is 0. The molecule has 0 unspecified atom stereocenters. The van der Waals surface area contributed by atoms with E-state index in [4.69, 9.17) is 17.2 Å². The molecule has 1 aromatic rings. The lowest BCUT2D eigenvalue weighted by molar-refractivity contribution is -0.142. The number of carboxylic acids is 1. The van der Waals surface area contributed by atoms with Crippen LogP contribution in [0.5, 0.6) is 0 Å². The van der Waals surface area contributed by atoms with Gasteiger partial charge in [0, 0.05) is 12.8 Å². The highest BCUT2D eigenvalue weighted by Crippen LogP contribution is 2.05. The van der Waals surface area contributed by atoms with Gasteiger partial charge in [-0.1, -0.05) is 30.3 Å². The van der Waals surface area contributed by atoms with Crippen LogP contribution in [-0.2, 0) is 30.4 Å². The SMILES string of the molecule is NC(=O)CC[C@H](NC(=O)[C@H](CCC(N)=O)NC(=O)[C@@H](N)Cc1ccccc1)C(=O)O. The highest BCUT2D eigenvalue weighted by Gasteiger charge is 2.28. The molecule has 164 valence electrons. The van der Waals surface area contributed by atoms with Gasteiger partial charge >= 0.3 is 5.97 Å². The monoisotopic (exact) mass is 421 g/mol. The van der Waals surface area contributed by atoms with Gasteiger partial charge in [0.1, 0.15) is 12.1 Å². The summed E-state index contributed by atoms with van der Waals surface area (Å²) >= 11 is 0. The summed E-state index contributed by atoms with van der Waals surface area (Å²) in [4.78, 5) is 58.3. The lowest BCUT2D eigenvalue weighted by Crippen LogP contribution is -2.55. The molecule has 9 N–H and O–H groups in total. The van der Waals surface area contributed by atoms with E-state index in [0.29, 0.717) is 0 Å². The van der Waals surface area contributed by atoms with E-state index in [0.717, 1.165) is 5.56 Å². The topological polar surface area (TPSA) is 208 Å². The van der Waals surface area contributed by atoms with Gasteiger partial charge in [0.2, 0.25) is 23.6 Å². The second kappa shape index (κ2) is 12.2. The van der Waals surface area contributed by atoms with E-state index in [1.165, 1.54) is 0 Å². The third kappa shape index (κ3) is 9.15. The first-order valence-corrected chi connectivity index (χ1v) is 9.29. The molecule has 0 aromatic heterocycles. The van der Waals surface area contributed by atoms with Gasteiger partial charge in [-0.15, -0.1) is 0 Å². The number of primary amides is 2. The summed E-state index contributed by atoms with van der Waals surface area (Å²) in [7, 11) is 0. The Morgan fingerprint density at radius 1 is 0.833 bits per heavy atom. The first-order chi connectivity index (χ1) is 14.1. The Kier molecular flexibility index (Phi) is 9.97. The lowest BCUT2D eigenvalue weighted by atomic mass is 10.0. The first-order valence-electron chi connectivity index (χ1n) is 9.29. The van der Waals surface area contributed by atoms with E-state index in [1.807, 2.05) is 6.07 Å². The Hall–Kier alpha value is -3.47. The molecule has 0 bridgehead atoms. The molecule has 0 radical (unpaired) electrons. The van der Waals surface area contributed by atoms with E-state index in [9.17, 15) is 29.1 Å². The van der Waals surface area contributed by atoms with Crippen molar-refractivity contribution < 1.29 is 29.1 Å². The van der Waals surface area contributed by atoms with Crippen molar-refractivity contribution in [1.82, 2.24) is 10.6 Å². The standard InChI is InChI=1S/C19H27N5O6/c20-12(10-11-4-2-1-3-5-11)17(27)23-13(6-8-15(21)25)18(28)24-14(19(29)30)7-9-16(22)26/h1-5,12-14H,6-10,20H2,(H2,21,25)(H2,22,26)(H,23,27)(H,24,28)(H,29,30)/t12-,13-,14-/m0/s1. The zero-order valence-corrected chi connectivity index (χ0v) is 16.4. The third-order valence-corrected chi connectivity index (χ3v) is 4.24. The Bertz CT molecular complexity index is 770. The number of carboxylic acid groups (broad SMARTS) is 1. The van der Waals surface area contributed by atoms with Gasteiger partial charge in [0.25, 0.3) is 0 Å². The minimum absolute atomic E-state index is 0.146. The average molecular weight is 421 g/mol. The number of carbonyl (C=O) groups excluding carboxylic acids is 4. The molecular weight excluding hydrogens is 394 g/mol. The van der Waals surface area contributed by atoms with E-state index in [1.54, 1.807) is 24.3 Å². The van der Waals surface area contributed by atoms with Crippen molar-refractivity contribution in [2.45, 2.75) is 50.2 Å². The van der Waals surface area contributed by atoms with Crippen molar-refractivity contribution in [2.75, 3.05) is 0 Å². The van der Waals surface area contributed by atoms with Crippen LogP contribution in [-0.4, -0.2) is 52.8 Å². The zero-order chi connectivity index (χ0) is 22.7. The summed E-state index contributed by atoms with van der Waals surface area (Å²) in [5.74, 6) is -4.27. The maximum Gasteiger partial charge on any atom is 0.326 e. The number of hydrogen-bond acceptors (Lipinski definition) is 6. The molecule has 3 atom stereocenters. The molecule has 0 saturated carbocycles. The van der Waals surface area contributed by atoms with Crippen LogP contribution in [0.2, 0.25) is 0 Å². The van der Waals surface area contributed by atoms with E-state index in [2.05, 4.69) is 10.6 Å². The number of carbonyl (C=O) groups is 5. The number of aliphatic carboxylic acids is 1. The fourth-order valence-electron chi connectivity index (χ4n) is 2.61. The number of nitrogens with one attached hydrogen (secondary N) is 2. The predicted octanol–water partition coefficient (Wildman–Crippen LogP) is -1.86. The number of amides is 4. The van der Waals surface area contributed by atoms with Crippen LogP contribution in [0.25, 0.3) is 0 Å². The first kappa shape index (κ1) is 24.6. The van der Waals surface area contributed by atoms with Gasteiger partial charge in [0.15, 0.2) is 0 Å². The summed E-state index contributed by atoms with van der Waals surface area (Å²) in [5.41, 5.74) is 16.8. The number of benzene rings is 1. The molecule has 0 aliphatic carbocycles. The molecule has 0 fully saturated rings. The third-order valence-electron chi connectivity index (χ3n) is 4.24. The Morgan fingerprint density at radius 3 is 1.83 bits per heavy atom. The molecule has 0 heterocycles. The van der Waals surface area contributed by atoms with Crippen LogP contribution in [0.3, 0.4) is 0 Å². The second-order valence-electron chi connectivity index (χ2n) is 6.77. The molecule has 0 aliphatic rings. The molecule has 0 spiro atoms. The van der Waals surface area contributed by atoms with Gasteiger partial charge in [0.05, 0.1) is 6.04 Å². The van der Waals surface area contributed by atoms with Crippen LogP contribution in [0.4, 0.5) is 0 Å². The van der Waals surface area contributed by atoms with Gasteiger partial charge in [-0.05, 0) is 24.8 Å². The van der Waals surface area contributed by atoms with Gasteiger partial charge in [-0.3, -0.25) is 19.2 Å².